The summed E-state index contributed by atoms with van der Waals surface area (Å²) in [5.74, 6) is 0. The molecule has 0 saturated carbocycles. The molecule has 228 valence electrons. The summed E-state index contributed by atoms with van der Waals surface area (Å²) in [6.45, 7) is 3.40. The van der Waals surface area contributed by atoms with Crippen LogP contribution in [0.1, 0.15) is 19.4 Å². The molecular weight excluding hydrogens is 649 g/mol. The Bertz CT molecular complexity index is 2380. The van der Waals surface area contributed by atoms with Crippen molar-refractivity contribution in [2.24, 2.45) is 0 Å². The number of hydrogen-bond acceptors (Lipinski definition) is 7. The average molecular weight is 677 g/mol. The van der Waals surface area contributed by atoms with E-state index in [0.29, 0.717) is 43.6 Å². The van der Waals surface area contributed by atoms with Gasteiger partial charge in [0.1, 0.15) is 0 Å². The van der Waals surface area contributed by atoms with E-state index in [4.69, 9.17) is 33.2 Å². The Balaban J connectivity index is 1.60. The molecule has 0 N–H and O–H groups in total. The zero-order chi connectivity index (χ0) is 32.3. The van der Waals surface area contributed by atoms with E-state index in [0.717, 1.165) is 33.8 Å². The molecule has 0 amide bonds. The summed E-state index contributed by atoms with van der Waals surface area (Å²) >= 11 is 12.7. The topological polar surface area (TPSA) is 107 Å². The van der Waals surface area contributed by atoms with Crippen molar-refractivity contribution in [2.75, 3.05) is 12.5 Å². The number of nitrogens with zero attached hydrogens (tertiary/aromatic N) is 3. The molecule has 0 saturated heterocycles. The summed E-state index contributed by atoms with van der Waals surface area (Å²) in [7, 11) is -6.85. The van der Waals surface area contributed by atoms with Gasteiger partial charge in [-0.2, -0.15) is 0 Å². The van der Waals surface area contributed by atoms with Gasteiger partial charge in [0.2, 0.25) is 0 Å². The highest BCUT2D eigenvalue weighted by Gasteiger charge is 2.33. The van der Waals surface area contributed by atoms with E-state index in [9.17, 15) is 16.8 Å². The number of fused-ring (bicyclic) bond motifs is 2. The lowest BCUT2D eigenvalue weighted by Crippen LogP contribution is -2.28. The predicted molar refractivity (Wildman–Crippen MR) is 182 cm³/mol. The second-order valence-corrected chi connectivity index (χ2v) is 16.8. The first-order chi connectivity index (χ1) is 21.1. The minimum absolute atomic E-state index is 0.189. The average Bonchev–Trinajstić information content (AvgIpc) is 2.99. The fraction of sp³-hybridized carbons (Fsp3) is 0.147. The summed E-state index contributed by atoms with van der Waals surface area (Å²) in [5.41, 5.74) is 6.45. The molecule has 0 aliphatic heterocycles. The van der Waals surface area contributed by atoms with E-state index in [-0.39, 0.29) is 4.90 Å². The molecule has 6 aromatic rings. The summed E-state index contributed by atoms with van der Waals surface area (Å²) in [5, 5.41) is 1.49. The Morgan fingerprint density at radius 2 is 1.27 bits per heavy atom. The number of benzene rings is 4. The van der Waals surface area contributed by atoms with Gasteiger partial charge in [0.15, 0.2) is 19.7 Å². The van der Waals surface area contributed by atoms with Crippen molar-refractivity contribution in [3.8, 4) is 33.6 Å². The van der Waals surface area contributed by atoms with Crippen molar-refractivity contribution in [3.63, 3.8) is 0 Å². The van der Waals surface area contributed by atoms with Crippen LogP contribution in [0, 0.1) is 0 Å². The molecule has 45 heavy (non-hydrogen) atoms. The van der Waals surface area contributed by atoms with Gasteiger partial charge < -0.3 is 0 Å². The number of hydrogen-bond donors (Lipinski definition) is 0. The molecule has 0 radical (unpaired) electrons. The minimum Gasteiger partial charge on any atom is -0.256 e. The Morgan fingerprint density at radius 1 is 0.667 bits per heavy atom. The largest absolute Gasteiger partial charge is 0.256 e. The van der Waals surface area contributed by atoms with Gasteiger partial charge in [-0.15, -0.1) is 0 Å². The maximum absolute atomic E-state index is 12.8. The van der Waals surface area contributed by atoms with Crippen LogP contribution in [0.25, 0.3) is 55.6 Å². The van der Waals surface area contributed by atoms with Gasteiger partial charge in [-0.3, -0.25) is 4.98 Å². The number of halogens is 2. The van der Waals surface area contributed by atoms with E-state index in [2.05, 4.69) is 4.98 Å². The highest BCUT2D eigenvalue weighted by molar-refractivity contribution is 7.91. The molecule has 0 aliphatic carbocycles. The molecule has 7 nitrogen and oxygen atoms in total. The van der Waals surface area contributed by atoms with Gasteiger partial charge in [0, 0.05) is 40.8 Å². The van der Waals surface area contributed by atoms with Crippen molar-refractivity contribution in [1.82, 2.24) is 15.0 Å². The van der Waals surface area contributed by atoms with Gasteiger partial charge in [-0.25, -0.2) is 26.8 Å². The third-order valence-corrected chi connectivity index (χ3v) is 12.0. The summed E-state index contributed by atoms with van der Waals surface area (Å²) in [4.78, 5) is 14.7. The summed E-state index contributed by atoms with van der Waals surface area (Å²) in [6.07, 6.45) is 4.10. The van der Waals surface area contributed by atoms with Crippen LogP contribution in [-0.4, -0.2) is 44.3 Å². The zero-order valence-electron chi connectivity index (χ0n) is 24.7. The van der Waals surface area contributed by atoms with Gasteiger partial charge in [-0.05, 0) is 73.5 Å². The molecule has 0 bridgehead atoms. The first-order valence-electron chi connectivity index (χ1n) is 13.8. The molecule has 0 atom stereocenters. The van der Waals surface area contributed by atoms with Crippen LogP contribution >= 0.6 is 23.2 Å². The second kappa shape index (κ2) is 11.2. The first-order valence-corrected chi connectivity index (χ1v) is 18.3. The van der Waals surface area contributed by atoms with Crippen molar-refractivity contribution >= 4 is 64.8 Å². The number of aromatic nitrogens is 3. The van der Waals surface area contributed by atoms with E-state index in [1.54, 1.807) is 56.4 Å². The van der Waals surface area contributed by atoms with E-state index >= 15 is 0 Å². The lowest BCUT2D eigenvalue weighted by atomic mass is 9.92. The molecule has 0 spiro atoms. The molecule has 2 heterocycles. The quantitative estimate of drug-likeness (QED) is 0.175. The zero-order valence-corrected chi connectivity index (χ0v) is 27.9. The maximum atomic E-state index is 12.8. The Kier molecular flexibility index (Phi) is 7.72. The van der Waals surface area contributed by atoms with Crippen molar-refractivity contribution in [1.29, 1.82) is 0 Å². The van der Waals surface area contributed by atoms with E-state index < -0.39 is 24.4 Å². The molecule has 6 rings (SSSR count). The lowest BCUT2D eigenvalue weighted by molar-refractivity contribution is 0.561. The molecular formula is C34H27Cl2N3O4S2. The predicted octanol–water partition coefficient (Wildman–Crippen LogP) is 8.17. The maximum Gasteiger partial charge on any atom is 0.175 e. The molecule has 0 aliphatic rings. The summed E-state index contributed by atoms with van der Waals surface area (Å²) < 4.78 is 48.7. The lowest BCUT2D eigenvalue weighted by Gasteiger charge is -2.24. The standard InChI is InChI=1S/C34H27Cl2N3O4S2/c1-34(2,45(4,42)43)24-16-23-9-6-14-37-31(23)26(17-24)21-7-5-8-22(15-21)33-32(20-10-12-25(13-11-20)44(3,40)41)38-29-18-27(35)28(36)19-30(29)39-33/h5-19H,1-4H3. The van der Waals surface area contributed by atoms with Crippen LogP contribution in [0.3, 0.4) is 0 Å². The third-order valence-electron chi connectivity index (χ3n) is 8.04. The molecule has 0 unspecified atom stereocenters. The first kappa shape index (κ1) is 31.1. The van der Waals surface area contributed by atoms with Gasteiger partial charge in [-0.1, -0.05) is 59.6 Å². The van der Waals surface area contributed by atoms with Gasteiger partial charge >= 0.3 is 0 Å². The molecule has 2 aromatic heterocycles. The third kappa shape index (κ3) is 5.81. The number of pyridine rings is 1. The van der Waals surface area contributed by atoms with E-state index in [1.807, 2.05) is 48.5 Å². The normalized spacial score (nSPS) is 12.6. The van der Waals surface area contributed by atoms with Gasteiger partial charge in [0.25, 0.3) is 0 Å². The smallest absolute Gasteiger partial charge is 0.175 e. The Morgan fingerprint density at radius 3 is 1.87 bits per heavy atom. The number of sulfone groups is 2. The van der Waals surface area contributed by atoms with Gasteiger partial charge in [0.05, 0.1) is 47.6 Å². The molecule has 0 fully saturated rings. The fourth-order valence-corrected chi connectivity index (χ4v) is 6.61. The van der Waals surface area contributed by atoms with Crippen molar-refractivity contribution in [3.05, 3.63) is 107 Å². The SMILES string of the molecule is CC(C)(c1cc(-c2cccc(-c3nc4cc(Cl)c(Cl)cc4nc3-c3ccc(S(C)(=O)=O)cc3)c2)c2ncccc2c1)S(C)(=O)=O. The van der Waals surface area contributed by atoms with Crippen LogP contribution in [0.5, 0.6) is 0 Å². The minimum atomic E-state index is -3.45. The number of rotatable bonds is 6. The Hall–Kier alpha value is -3.89. The van der Waals surface area contributed by atoms with Crippen LogP contribution in [0.4, 0.5) is 0 Å². The monoisotopic (exact) mass is 675 g/mol. The van der Waals surface area contributed by atoms with Crippen molar-refractivity contribution < 1.29 is 16.8 Å². The Labute approximate surface area is 271 Å². The van der Waals surface area contributed by atoms with Crippen LogP contribution in [-0.2, 0) is 24.4 Å². The van der Waals surface area contributed by atoms with Crippen molar-refractivity contribution in [2.45, 2.75) is 23.5 Å². The van der Waals surface area contributed by atoms with Crippen LogP contribution in [0.15, 0.2) is 96.0 Å². The van der Waals surface area contributed by atoms with Crippen LogP contribution < -0.4 is 0 Å². The van der Waals surface area contributed by atoms with E-state index in [1.165, 1.54) is 6.26 Å². The highest BCUT2D eigenvalue weighted by atomic mass is 35.5. The second-order valence-electron chi connectivity index (χ2n) is 11.4. The summed E-state index contributed by atoms with van der Waals surface area (Å²) in [6, 6.07) is 25.0. The van der Waals surface area contributed by atoms with Crippen LogP contribution in [0.2, 0.25) is 10.0 Å². The fourth-order valence-electron chi connectivity index (χ4n) is 5.12. The molecule has 11 heteroatoms. The molecule has 4 aromatic carbocycles. The highest BCUT2D eigenvalue weighted by Crippen LogP contribution is 2.39.